The molecule has 2 unspecified atom stereocenters. The van der Waals surface area contributed by atoms with Crippen molar-refractivity contribution in [3.63, 3.8) is 0 Å². The predicted molar refractivity (Wildman–Crippen MR) is 71.5 cm³/mol. The summed E-state index contributed by atoms with van der Waals surface area (Å²) in [4.78, 5) is 22.9. The third-order valence-electron chi connectivity index (χ3n) is 2.81. The standard InChI is InChI=1S/C13H26N2O3/c1-6-7-13(5,11(16)17)15-12(18)14-10(4)8-9(2)3/h9-10H,6-8H2,1-5H3,(H,16,17)(H2,14,15,18). The van der Waals surface area contributed by atoms with Gasteiger partial charge >= 0.3 is 12.0 Å². The molecule has 0 radical (unpaired) electrons. The molecule has 0 aromatic heterocycles. The summed E-state index contributed by atoms with van der Waals surface area (Å²) in [5.41, 5.74) is -1.20. The Morgan fingerprint density at radius 1 is 1.28 bits per heavy atom. The number of hydrogen-bond donors (Lipinski definition) is 3. The molecule has 0 aromatic rings. The van der Waals surface area contributed by atoms with Crippen molar-refractivity contribution in [1.82, 2.24) is 10.6 Å². The molecule has 0 heterocycles. The van der Waals surface area contributed by atoms with Gasteiger partial charge in [0.05, 0.1) is 0 Å². The van der Waals surface area contributed by atoms with E-state index in [2.05, 4.69) is 24.5 Å². The quantitative estimate of drug-likeness (QED) is 0.656. The van der Waals surface area contributed by atoms with E-state index in [9.17, 15) is 9.59 Å². The van der Waals surface area contributed by atoms with Crippen molar-refractivity contribution in [3.8, 4) is 0 Å². The largest absolute Gasteiger partial charge is 0.480 e. The van der Waals surface area contributed by atoms with Crippen LogP contribution in [0.15, 0.2) is 0 Å². The van der Waals surface area contributed by atoms with Crippen LogP contribution >= 0.6 is 0 Å². The monoisotopic (exact) mass is 258 g/mol. The molecular formula is C13H26N2O3. The first kappa shape index (κ1) is 16.7. The van der Waals surface area contributed by atoms with E-state index in [0.717, 1.165) is 6.42 Å². The van der Waals surface area contributed by atoms with Crippen LogP contribution in [0.25, 0.3) is 0 Å². The van der Waals surface area contributed by atoms with Gasteiger partial charge in [-0.05, 0) is 32.6 Å². The molecule has 2 atom stereocenters. The second-order valence-electron chi connectivity index (χ2n) is 5.52. The van der Waals surface area contributed by atoms with Crippen LogP contribution in [0.2, 0.25) is 0 Å². The molecule has 5 heteroatoms. The zero-order valence-electron chi connectivity index (χ0n) is 12.0. The summed E-state index contributed by atoms with van der Waals surface area (Å²) in [6.45, 7) is 9.49. The molecule has 3 N–H and O–H groups in total. The molecular weight excluding hydrogens is 232 g/mol. The number of carboxylic acids is 1. The zero-order chi connectivity index (χ0) is 14.3. The molecule has 106 valence electrons. The van der Waals surface area contributed by atoms with Crippen LogP contribution in [0, 0.1) is 5.92 Å². The van der Waals surface area contributed by atoms with Crippen molar-refractivity contribution in [2.45, 2.75) is 65.5 Å². The first-order valence-corrected chi connectivity index (χ1v) is 6.53. The molecule has 0 aliphatic carbocycles. The lowest BCUT2D eigenvalue weighted by Gasteiger charge is -2.27. The maximum Gasteiger partial charge on any atom is 0.329 e. The minimum Gasteiger partial charge on any atom is -0.480 e. The minimum absolute atomic E-state index is 0.0321. The van der Waals surface area contributed by atoms with E-state index in [4.69, 9.17) is 5.11 Å². The highest BCUT2D eigenvalue weighted by molar-refractivity contribution is 5.85. The van der Waals surface area contributed by atoms with E-state index in [1.807, 2.05) is 13.8 Å². The molecule has 2 amide bonds. The Kier molecular flexibility index (Phi) is 6.73. The van der Waals surface area contributed by atoms with Gasteiger partial charge in [-0.25, -0.2) is 9.59 Å². The maximum absolute atomic E-state index is 11.7. The molecule has 0 saturated carbocycles. The van der Waals surface area contributed by atoms with Crippen LogP contribution in [-0.4, -0.2) is 28.7 Å². The Hall–Kier alpha value is -1.26. The normalized spacial score (nSPS) is 15.9. The van der Waals surface area contributed by atoms with E-state index in [1.54, 1.807) is 0 Å². The van der Waals surface area contributed by atoms with Gasteiger partial charge in [0.2, 0.25) is 0 Å². The Bertz CT molecular complexity index is 292. The molecule has 0 bridgehead atoms. The topological polar surface area (TPSA) is 78.4 Å². The number of rotatable bonds is 7. The van der Waals surface area contributed by atoms with Crippen molar-refractivity contribution in [2.75, 3.05) is 0 Å². The highest BCUT2D eigenvalue weighted by atomic mass is 16.4. The number of carbonyl (C=O) groups is 2. The summed E-state index contributed by atoms with van der Waals surface area (Å²) >= 11 is 0. The minimum atomic E-state index is -1.20. The van der Waals surface area contributed by atoms with Crippen molar-refractivity contribution in [3.05, 3.63) is 0 Å². The fraction of sp³-hybridized carbons (Fsp3) is 0.846. The van der Waals surface area contributed by atoms with Crippen LogP contribution in [0.4, 0.5) is 4.79 Å². The molecule has 0 aliphatic heterocycles. The first-order valence-electron chi connectivity index (χ1n) is 6.53. The number of carbonyl (C=O) groups excluding carboxylic acids is 1. The number of carboxylic acid groups (broad SMARTS) is 1. The smallest absolute Gasteiger partial charge is 0.329 e. The van der Waals surface area contributed by atoms with Crippen molar-refractivity contribution < 1.29 is 14.7 Å². The highest BCUT2D eigenvalue weighted by Gasteiger charge is 2.33. The van der Waals surface area contributed by atoms with Gasteiger partial charge in [0.1, 0.15) is 5.54 Å². The molecule has 0 aromatic carbocycles. The number of hydrogen-bond acceptors (Lipinski definition) is 2. The summed E-state index contributed by atoms with van der Waals surface area (Å²) in [5.74, 6) is -0.516. The third-order valence-corrected chi connectivity index (χ3v) is 2.81. The lowest BCUT2D eigenvalue weighted by Crippen LogP contribution is -2.56. The van der Waals surface area contributed by atoms with Gasteiger partial charge in [-0.2, -0.15) is 0 Å². The number of aliphatic carboxylic acids is 1. The van der Waals surface area contributed by atoms with E-state index in [0.29, 0.717) is 18.8 Å². The summed E-state index contributed by atoms with van der Waals surface area (Å²) in [5, 5.41) is 14.5. The summed E-state index contributed by atoms with van der Waals surface area (Å²) in [7, 11) is 0. The van der Waals surface area contributed by atoms with Gasteiger partial charge in [0.15, 0.2) is 0 Å². The van der Waals surface area contributed by atoms with Crippen molar-refractivity contribution in [2.24, 2.45) is 5.92 Å². The Balaban J connectivity index is 4.39. The second kappa shape index (κ2) is 7.24. The lowest BCUT2D eigenvalue weighted by molar-refractivity contribution is -0.144. The van der Waals surface area contributed by atoms with Gasteiger partial charge in [0.25, 0.3) is 0 Å². The average molecular weight is 258 g/mol. The van der Waals surface area contributed by atoms with Crippen LogP contribution in [-0.2, 0) is 4.79 Å². The van der Waals surface area contributed by atoms with Crippen LogP contribution in [0.3, 0.4) is 0 Å². The van der Waals surface area contributed by atoms with E-state index in [-0.39, 0.29) is 6.04 Å². The third kappa shape index (κ3) is 5.89. The molecule has 5 nitrogen and oxygen atoms in total. The summed E-state index contributed by atoms with van der Waals surface area (Å²) in [6, 6.07) is -0.383. The molecule has 0 aliphatic rings. The second-order valence-corrected chi connectivity index (χ2v) is 5.52. The highest BCUT2D eigenvalue weighted by Crippen LogP contribution is 2.12. The van der Waals surface area contributed by atoms with Crippen molar-refractivity contribution >= 4 is 12.0 Å². The Labute approximate surface area is 109 Å². The Morgan fingerprint density at radius 2 is 1.83 bits per heavy atom. The van der Waals surface area contributed by atoms with Crippen LogP contribution < -0.4 is 10.6 Å². The average Bonchev–Trinajstić information content (AvgIpc) is 2.14. The number of nitrogens with one attached hydrogen (secondary N) is 2. The van der Waals surface area contributed by atoms with E-state index in [1.165, 1.54) is 6.92 Å². The van der Waals surface area contributed by atoms with Crippen LogP contribution in [0.5, 0.6) is 0 Å². The Morgan fingerprint density at radius 3 is 2.22 bits per heavy atom. The number of amides is 2. The maximum atomic E-state index is 11.7. The molecule has 0 rings (SSSR count). The van der Waals surface area contributed by atoms with Gasteiger partial charge in [-0.1, -0.05) is 27.2 Å². The first-order chi connectivity index (χ1) is 8.21. The van der Waals surface area contributed by atoms with E-state index < -0.39 is 17.5 Å². The van der Waals surface area contributed by atoms with Gasteiger partial charge < -0.3 is 15.7 Å². The SMILES string of the molecule is CCCC(C)(NC(=O)NC(C)CC(C)C)C(=O)O. The zero-order valence-corrected chi connectivity index (χ0v) is 12.0. The van der Waals surface area contributed by atoms with Gasteiger partial charge in [0, 0.05) is 6.04 Å². The molecule has 18 heavy (non-hydrogen) atoms. The number of urea groups is 1. The molecule has 0 fully saturated rings. The molecule has 0 spiro atoms. The van der Waals surface area contributed by atoms with Gasteiger partial charge in [-0.15, -0.1) is 0 Å². The summed E-state index contributed by atoms with van der Waals surface area (Å²) in [6.07, 6.45) is 1.98. The summed E-state index contributed by atoms with van der Waals surface area (Å²) < 4.78 is 0. The fourth-order valence-electron chi connectivity index (χ4n) is 2.00. The predicted octanol–water partition coefficient (Wildman–Crippen LogP) is 2.36. The van der Waals surface area contributed by atoms with Gasteiger partial charge in [-0.3, -0.25) is 0 Å². The van der Waals surface area contributed by atoms with Crippen LogP contribution in [0.1, 0.15) is 53.9 Å². The van der Waals surface area contributed by atoms with Crippen molar-refractivity contribution in [1.29, 1.82) is 0 Å². The lowest BCUT2D eigenvalue weighted by atomic mass is 9.96. The molecule has 0 saturated heterocycles. The fourth-order valence-corrected chi connectivity index (χ4v) is 2.00. The van der Waals surface area contributed by atoms with E-state index >= 15 is 0 Å².